The first-order valence-corrected chi connectivity index (χ1v) is 11.2. The lowest BCUT2D eigenvalue weighted by atomic mass is 10.1. The molecule has 0 saturated heterocycles. The summed E-state index contributed by atoms with van der Waals surface area (Å²) < 4.78 is 60.8. The number of carbonyl (C=O) groups is 1. The van der Waals surface area contributed by atoms with Crippen molar-refractivity contribution in [1.82, 2.24) is 4.72 Å². The number of sulfonamides is 1. The number of ether oxygens (including phenoxy) is 1. The van der Waals surface area contributed by atoms with Crippen LogP contribution in [-0.2, 0) is 21.2 Å². The van der Waals surface area contributed by atoms with E-state index in [2.05, 4.69) is 10.0 Å². The minimum atomic E-state index is -4.27. The summed E-state index contributed by atoms with van der Waals surface area (Å²) in [7, 11) is -2.97. The van der Waals surface area contributed by atoms with Gasteiger partial charge >= 0.3 is 0 Å². The Hall–Kier alpha value is -3.01. The molecule has 0 aliphatic heterocycles. The SMILES string of the molecule is COc1ccc(Cl)cc1S(=O)(=O)N[C@@H](Cc1ccccc1)C(=O)Nc1ccc(F)cc1F. The Morgan fingerprint density at radius 3 is 2.44 bits per heavy atom. The minimum absolute atomic E-state index is 0.0302. The Bertz CT molecular complexity index is 1220. The zero-order chi connectivity index (χ0) is 23.3. The van der Waals surface area contributed by atoms with Crippen molar-refractivity contribution in [2.24, 2.45) is 0 Å². The molecule has 0 aliphatic rings. The third kappa shape index (κ3) is 5.82. The van der Waals surface area contributed by atoms with Gasteiger partial charge < -0.3 is 10.1 Å². The lowest BCUT2D eigenvalue weighted by molar-refractivity contribution is -0.117. The molecule has 0 spiro atoms. The van der Waals surface area contributed by atoms with Gasteiger partial charge in [0.05, 0.1) is 12.8 Å². The van der Waals surface area contributed by atoms with Gasteiger partial charge in [-0.2, -0.15) is 4.72 Å². The van der Waals surface area contributed by atoms with E-state index >= 15 is 0 Å². The summed E-state index contributed by atoms with van der Waals surface area (Å²) in [6.07, 6.45) is -0.0302. The van der Waals surface area contributed by atoms with Crippen LogP contribution in [0.4, 0.5) is 14.5 Å². The molecule has 0 aromatic heterocycles. The maximum atomic E-state index is 14.0. The van der Waals surface area contributed by atoms with Crippen molar-refractivity contribution in [3.05, 3.63) is 89.0 Å². The van der Waals surface area contributed by atoms with E-state index in [1.807, 2.05) is 0 Å². The molecule has 3 rings (SSSR count). The van der Waals surface area contributed by atoms with Crippen LogP contribution in [0.1, 0.15) is 5.56 Å². The topological polar surface area (TPSA) is 84.5 Å². The number of halogens is 3. The first kappa shape index (κ1) is 23.6. The van der Waals surface area contributed by atoms with Crippen molar-refractivity contribution in [2.45, 2.75) is 17.4 Å². The first-order chi connectivity index (χ1) is 15.2. The number of nitrogens with one attached hydrogen (secondary N) is 2. The van der Waals surface area contributed by atoms with Crippen molar-refractivity contribution in [2.75, 3.05) is 12.4 Å². The second kappa shape index (κ2) is 10.1. The summed E-state index contributed by atoms with van der Waals surface area (Å²) in [6, 6.07) is 14.0. The Balaban J connectivity index is 1.93. The molecule has 6 nitrogen and oxygen atoms in total. The normalized spacial score (nSPS) is 12.2. The van der Waals surface area contributed by atoms with Crippen LogP contribution in [-0.4, -0.2) is 27.5 Å². The molecule has 3 aromatic carbocycles. The Morgan fingerprint density at radius 2 is 1.78 bits per heavy atom. The number of amides is 1. The maximum absolute atomic E-state index is 14.0. The van der Waals surface area contributed by atoms with E-state index in [1.54, 1.807) is 30.3 Å². The summed E-state index contributed by atoms with van der Waals surface area (Å²) in [6.45, 7) is 0. The summed E-state index contributed by atoms with van der Waals surface area (Å²) in [4.78, 5) is 12.7. The van der Waals surface area contributed by atoms with Gasteiger partial charge in [0.2, 0.25) is 15.9 Å². The fraction of sp³-hybridized carbons (Fsp3) is 0.136. The zero-order valence-corrected chi connectivity index (χ0v) is 18.4. The monoisotopic (exact) mass is 480 g/mol. The predicted molar refractivity (Wildman–Crippen MR) is 117 cm³/mol. The number of hydrogen-bond acceptors (Lipinski definition) is 4. The van der Waals surface area contributed by atoms with E-state index in [1.165, 1.54) is 25.3 Å². The number of anilines is 1. The van der Waals surface area contributed by atoms with Gasteiger partial charge in [-0.1, -0.05) is 41.9 Å². The van der Waals surface area contributed by atoms with Crippen LogP contribution in [0.15, 0.2) is 71.6 Å². The molecule has 0 radical (unpaired) electrons. The average Bonchev–Trinajstić information content (AvgIpc) is 2.75. The van der Waals surface area contributed by atoms with Crippen LogP contribution in [0.2, 0.25) is 5.02 Å². The second-order valence-electron chi connectivity index (χ2n) is 6.77. The number of benzene rings is 3. The molecule has 2 N–H and O–H groups in total. The van der Waals surface area contributed by atoms with Crippen molar-refractivity contribution >= 4 is 33.2 Å². The molecule has 1 atom stereocenters. The van der Waals surface area contributed by atoms with Gasteiger partial charge in [-0.3, -0.25) is 4.79 Å². The van der Waals surface area contributed by atoms with Crippen molar-refractivity contribution < 1.29 is 26.7 Å². The quantitative estimate of drug-likeness (QED) is 0.507. The third-order valence-corrected chi connectivity index (χ3v) is 6.23. The molecule has 3 aromatic rings. The third-order valence-electron chi connectivity index (χ3n) is 4.50. The summed E-state index contributed by atoms with van der Waals surface area (Å²) in [5.41, 5.74) is 0.377. The van der Waals surface area contributed by atoms with Gasteiger partial charge in [0.15, 0.2) is 0 Å². The highest BCUT2D eigenvalue weighted by Gasteiger charge is 2.29. The predicted octanol–water partition coefficient (Wildman–Crippen LogP) is 4.16. The van der Waals surface area contributed by atoms with Gasteiger partial charge in [-0.25, -0.2) is 17.2 Å². The van der Waals surface area contributed by atoms with E-state index in [0.717, 1.165) is 12.1 Å². The summed E-state index contributed by atoms with van der Waals surface area (Å²) in [5.74, 6) is -2.60. The van der Waals surface area contributed by atoms with Crippen LogP contribution in [0.3, 0.4) is 0 Å². The van der Waals surface area contributed by atoms with Gasteiger partial charge in [0, 0.05) is 11.1 Å². The lowest BCUT2D eigenvalue weighted by Gasteiger charge is -2.20. The molecule has 0 unspecified atom stereocenters. The first-order valence-electron chi connectivity index (χ1n) is 9.35. The van der Waals surface area contributed by atoms with Crippen LogP contribution in [0.25, 0.3) is 0 Å². The molecule has 0 heterocycles. The van der Waals surface area contributed by atoms with E-state index in [-0.39, 0.29) is 27.8 Å². The smallest absolute Gasteiger partial charge is 0.245 e. The molecule has 32 heavy (non-hydrogen) atoms. The van der Waals surface area contributed by atoms with Gasteiger partial charge in [0.25, 0.3) is 0 Å². The molecule has 168 valence electrons. The fourth-order valence-electron chi connectivity index (χ4n) is 2.96. The molecule has 0 saturated carbocycles. The van der Waals surface area contributed by atoms with Gasteiger partial charge in [-0.05, 0) is 42.3 Å². The molecule has 0 aliphatic carbocycles. The molecule has 0 bridgehead atoms. The molecular weight excluding hydrogens is 462 g/mol. The number of carbonyl (C=O) groups excluding carboxylic acids is 1. The molecule has 0 fully saturated rings. The highest BCUT2D eigenvalue weighted by molar-refractivity contribution is 7.89. The van der Waals surface area contributed by atoms with Gasteiger partial charge in [0.1, 0.15) is 28.3 Å². The number of rotatable bonds is 8. The van der Waals surface area contributed by atoms with E-state index in [0.29, 0.717) is 11.6 Å². The van der Waals surface area contributed by atoms with Gasteiger partial charge in [-0.15, -0.1) is 0 Å². The Kier molecular flexibility index (Phi) is 7.44. The zero-order valence-electron chi connectivity index (χ0n) is 16.8. The lowest BCUT2D eigenvalue weighted by Crippen LogP contribution is -2.45. The second-order valence-corrected chi connectivity index (χ2v) is 8.89. The van der Waals surface area contributed by atoms with E-state index in [9.17, 15) is 22.0 Å². The van der Waals surface area contributed by atoms with E-state index < -0.39 is 33.6 Å². The summed E-state index contributed by atoms with van der Waals surface area (Å²) in [5, 5.41) is 2.46. The fourth-order valence-corrected chi connectivity index (χ4v) is 4.59. The van der Waals surface area contributed by atoms with Crippen molar-refractivity contribution in [3.8, 4) is 5.75 Å². The Labute approximate surface area is 189 Å². The maximum Gasteiger partial charge on any atom is 0.245 e. The molecule has 10 heteroatoms. The highest BCUT2D eigenvalue weighted by atomic mass is 35.5. The largest absolute Gasteiger partial charge is 0.495 e. The number of methoxy groups -OCH3 is 1. The standard InChI is InChI=1S/C22H19ClF2N2O4S/c1-31-20-10-7-15(23)12-21(20)32(29,30)27-19(11-14-5-3-2-4-6-14)22(28)26-18-9-8-16(24)13-17(18)25/h2-10,12-13,19,27H,11H2,1H3,(H,26,28)/t19-/m0/s1. The molecular formula is C22H19ClF2N2O4S. The van der Waals surface area contributed by atoms with Crippen LogP contribution < -0.4 is 14.8 Å². The highest BCUT2D eigenvalue weighted by Crippen LogP contribution is 2.27. The molecule has 1 amide bonds. The number of hydrogen-bond donors (Lipinski definition) is 2. The Morgan fingerprint density at radius 1 is 1.06 bits per heavy atom. The summed E-state index contributed by atoms with van der Waals surface area (Å²) >= 11 is 5.95. The van der Waals surface area contributed by atoms with Crippen molar-refractivity contribution in [3.63, 3.8) is 0 Å². The van der Waals surface area contributed by atoms with Crippen molar-refractivity contribution in [1.29, 1.82) is 0 Å². The van der Waals surface area contributed by atoms with Crippen LogP contribution >= 0.6 is 11.6 Å². The van der Waals surface area contributed by atoms with Crippen LogP contribution in [0.5, 0.6) is 5.75 Å². The average molecular weight is 481 g/mol. The van der Waals surface area contributed by atoms with E-state index in [4.69, 9.17) is 16.3 Å². The van der Waals surface area contributed by atoms with Crippen LogP contribution in [0, 0.1) is 11.6 Å². The minimum Gasteiger partial charge on any atom is -0.495 e.